The summed E-state index contributed by atoms with van der Waals surface area (Å²) in [6.45, 7) is 1.34. The lowest BCUT2D eigenvalue weighted by atomic mass is 9.93. The maximum atomic E-state index is 13.2. The van der Waals surface area contributed by atoms with Gasteiger partial charge in [-0.3, -0.25) is 15.0 Å². The zero-order valence-corrected chi connectivity index (χ0v) is 22.1. The van der Waals surface area contributed by atoms with E-state index in [0.29, 0.717) is 32.5 Å². The molecule has 206 valence electrons. The summed E-state index contributed by atoms with van der Waals surface area (Å²) in [4.78, 5) is 29.2. The van der Waals surface area contributed by atoms with Crippen LogP contribution >= 0.6 is 0 Å². The number of nitrogens with two attached hydrogens (primary N) is 1. The van der Waals surface area contributed by atoms with Crippen LogP contribution in [0.1, 0.15) is 32.1 Å². The number of likely N-dealkylation sites (tertiary alicyclic amines) is 2. The molecule has 2 aromatic rings. The van der Waals surface area contributed by atoms with Gasteiger partial charge in [-0.15, -0.1) is 0 Å². The van der Waals surface area contributed by atoms with Gasteiger partial charge in [-0.05, 0) is 54.5 Å². The first-order chi connectivity index (χ1) is 18.2. The number of fused-ring (bicyclic) bond motifs is 1. The molecule has 0 bridgehead atoms. The molecular formula is C26H36N6O5S. The fourth-order valence-corrected chi connectivity index (χ4v) is 6.45. The van der Waals surface area contributed by atoms with Crippen molar-refractivity contribution in [3.63, 3.8) is 0 Å². The molecule has 2 aliphatic rings. The van der Waals surface area contributed by atoms with Gasteiger partial charge in [0.05, 0.1) is 11.5 Å². The van der Waals surface area contributed by atoms with Crippen LogP contribution < -0.4 is 15.8 Å². The number of carbonyl (C=O) groups is 2. The number of hydrogen-bond acceptors (Lipinski definition) is 6. The van der Waals surface area contributed by atoms with E-state index >= 15 is 0 Å². The van der Waals surface area contributed by atoms with Gasteiger partial charge in [0.25, 0.3) is 0 Å². The van der Waals surface area contributed by atoms with Crippen molar-refractivity contribution in [2.45, 2.75) is 49.1 Å². The largest absolute Gasteiger partial charge is 0.394 e. The van der Waals surface area contributed by atoms with Crippen LogP contribution in [0.3, 0.4) is 0 Å². The molecule has 2 heterocycles. The average Bonchev–Trinajstić information content (AvgIpc) is 3.39. The lowest BCUT2D eigenvalue weighted by Crippen LogP contribution is -2.53. The number of amides is 2. The molecule has 0 unspecified atom stereocenters. The third-order valence-corrected chi connectivity index (χ3v) is 8.90. The van der Waals surface area contributed by atoms with E-state index < -0.39 is 28.6 Å². The van der Waals surface area contributed by atoms with E-state index in [1.54, 1.807) is 21.9 Å². The normalized spacial score (nSPS) is 19.4. The molecule has 4 rings (SSSR count). The third-order valence-electron chi connectivity index (χ3n) is 7.43. The van der Waals surface area contributed by atoms with Crippen LogP contribution in [-0.4, -0.2) is 86.0 Å². The SMILES string of the molecule is N=C(N)N1CCC(CC(=O)NC[C@@H]2CCCN2C(=O)[C@@H](CO)NS(=O)(=O)c2ccc3ccccc3c2)CC1. The van der Waals surface area contributed by atoms with Gasteiger partial charge in [0, 0.05) is 38.6 Å². The average molecular weight is 545 g/mol. The van der Waals surface area contributed by atoms with Gasteiger partial charge in [0.2, 0.25) is 21.8 Å². The Morgan fingerprint density at radius 1 is 1.08 bits per heavy atom. The summed E-state index contributed by atoms with van der Waals surface area (Å²) in [5.74, 6) is -0.332. The second kappa shape index (κ2) is 12.1. The number of aliphatic hydroxyl groups is 1. The number of guanidine groups is 1. The highest BCUT2D eigenvalue weighted by molar-refractivity contribution is 7.89. The maximum Gasteiger partial charge on any atom is 0.243 e. The lowest BCUT2D eigenvalue weighted by molar-refractivity contribution is -0.135. The molecule has 2 saturated heterocycles. The molecule has 0 radical (unpaired) electrons. The Balaban J connectivity index is 1.32. The summed E-state index contributed by atoms with van der Waals surface area (Å²) in [6.07, 6.45) is 3.36. The Hall–Kier alpha value is -3.22. The summed E-state index contributed by atoms with van der Waals surface area (Å²) < 4.78 is 28.4. The van der Waals surface area contributed by atoms with Gasteiger partial charge in [0.15, 0.2) is 5.96 Å². The summed E-state index contributed by atoms with van der Waals surface area (Å²) in [5.41, 5.74) is 5.53. The minimum atomic E-state index is -4.06. The molecule has 2 fully saturated rings. The molecule has 38 heavy (non-hydrogen) atoms. The van der Waals surface area contributed by atoms with E-state index in [1.165, 1.54) is 12.1 Å². The molecule has 2 aliphatic heterocycles. The molecule has 2 atom stereocenters. The van der Waals surface area contributed by atoms with E-state index in [9.17, 15) is 23.1 Å². The molecule has 2 amide bonds. The van der Waals surface area contributed by atoms with Crippen molar-refractivity contribution < 1.29 is 23.1 Å². The number of carbonyl (C=O) groups excluding carboxylic acids is 2. The standard InChI is InChI=1S/C26H36N6O5S/c27-26(28)31-12-9-18(10-13-31)14-24(34)29-16-21-6-3-11-32(21)25(35)23(17-33)30-38(36,37)22-8-7-19-4-1-2-5-20(19)15-22/h1-2,4-5,7-8,15,18,21,23,30,33H,3,6,9-14,16-17H2,(H3,27,28)(H,29,34)/t21-,23+/m0/s1. The van der Waals surface area contributed by atoms with Crippen LogP contribution in [-0.2, 0) is 19.6 Å². The highest BCUT2D eigenvalue weighted by Gasteiger charge is 2.35. The van der Waals surface area contributed by atoms with Crippen LogP contribution in [0, 0.1) is 11.3 Å². The van der Waals surface area contributed by atoms with Crippen molar-refractivity contribution in [2.24, 2.45) is 11.7 Å². The number of benzene rings is 2. The molecule has 6 N–H and O–H groups in total. The monoisotopic (exact) mass is 544 g/mol. The van der Waals surface area contributed by atoms with E-state index in [4.69, 9.17) is 11.1 Å². The number of aliphatic hydroxyl groups excluding tert-OH is 1. The summed E-state index contributed by atoms with van der Waals surface area (Å²) >= 11 is 0. The number of nitrogens with one attached hydrogen (secondary N) is 3. The van der Waals surface area contributed by atoms with Crippen molar-refractivity contribution in [1.29, 1.82) is 5.41 Å². The lowest BCUT2D eigenvalue weighted by Gasteiger charge is -2.32. The second-order valence-corrected chi connectivity index (χ2v) is 11.7. The van der Waals surface area contributed by atoms with Crippen molar-refractivity contribution in [3.8, 4) is 0 Å². The number of nitrogens with zero attached hydrogens (tertiary/aromatic N) is 2. The molecule has 12 heteroatoms. The van der Waals surface area contributed by atoms with E-state index in [1.807, 2.05) is 18.2 Å². The second-order valence-electron chi connectivity index (χ2n) is 10.0. The fraction of sp³-hybridized carbons (Fsp3) is 0.500. The van der Waals surface area contributed by atoms with E-state index in [-0.39, 0.29) is 35.3 Å². The van der Waals surface area contributed by atoms with Gasteiger partial charge >= 0.3 is 0 Å². The first-order valence-corrected chi connectivity index (χ1v) is 14.4. The molecule has 0 aromatic heterocycles. The van der Waals surface area contributed by atoms with Gasteiger partial charge in [0.1, 0.15) is 6.04 Å². The topological polar surface area (TPSA) is 169 Å². The first kappa shape index (κ1) is 27.8. The first-order valence-electron chi connectivity index (χ1n) is 13.0. The Morgan fingerprint density at radius 3 is 2.47 bits per heavy atom. The number of hydrogen-bond donors (Lipinski definition) is 5. The highest BCUT2D eigenvalue weighted by Crippen LogP contribution is 2.22. The van der Waals surface area contributed by atoms with Gasteiger partial charge < -0.3 is 26.0 Å². The van der Waals surface area contributed by atoms with Crippen LogP contribution in [0.25, 0.3) is 10.8 Å². The van der Waals surface area contributed by atoms with E-state index in [0.717, 1.165) is 30.0 Å². The van der Waals surface area contributed by atoms with Crippen molar-refractivity contribution in [1.82, 2.24) is 19.8 Å². The number of rotatable bonds is 9. The quantitative estimate of drug-likeness (QED) is 0.227. The van der Waals surface area contributed by atoms with Crippen LogP contribution in [0.15, 0.2) is 47.4 Å². The predicted octanol–water partition coefficient (Wildman–Crippen LogP) is 0.582. The zero-order chi connectivity index (χ0) is 27.3. The van der Waals surface area contributed by atoms with Crippen LogP contribution in [0.2, 0.25) is 0 Å². The summed E-state index contributed by atoms with van der Waals surface area (Å²) in [7, 11) is -4.06. The molecule has 0 aliphatic carbocycles. The van der Waals surface area contributed by atoms with E-state index in [2.05, 4.69) is 10.0 Å². The smallest absolute Gasteiger partial charge is 0.243 e. The minimum Gasteiger partial charge on any atom is -0.394 e. The molecule has 2 aromatic carbocycles. The predicted molar refractivity (Wildman–Crippen MR) is 144 cm³/mol. The Morgan fingerprint density at radius 2 is 1.79 bits per heavy atom. The summed E-state index contributed by atoms with van der Waals surface area (Å²) in [6, 6.07) is 10.5. The fourth-order valence-electron chi connectivity index (χ4n) is 5.24. The van der Waals surface area contributed by atoms with Crippen molar-refractivity contribution in [3.05, 3.63) is 42.5 Å². The molecule has 0 spiro atoms. The molecular weight excluding hydrogens is 508 g/mol. The van der Waals surface area contributed by atoms with Gasteiger partial charge in [-0.25, -0.2) is 8.42 Å². The zero-order valence-electron chi connectivity index (χ0n) is 21.3. The summed E-state index contributed by atoms with van der Waals surface area (Å²) in [5, 5.41) is 22.0. The number of piperidine rings is 1. The Kier molecular flexibility index (Phi) is 8.85. The van der Waals surface area contributed by atoms with Crippen LogP contribution in [0.5, 0.6) is 0 Å². The minimum absolute atomic E-state index is 0.0156. The Labute approximate surface area is 222 Å². The van der Waals surface area contributed by atoms with Crippen LogP contribution in [0.4, 0.5) is 0 Å². The van der Waals surface area contributed by atoms with Crippen molar-refractivity contribution >= 4 is 38.6 Å². The maximum absolute atomic E-state index is 13.2. The third kappa shape index (κ3) is 6.61. The number of sulfonamides is 1. The molecule has 0 saturated carbocycles. The van der Waals surface area contributed by atoms with Crippen molar-refractivity contribution in [2.75, 3.05) is 32.8 Å². The molecule has 11 nitrogen and oxygen atoms in total. The Bertz CT molecular complexity index is 1280. The van der Waals surface area contributed by atoms with Gasteiger partial charge in [-0.1, -0.05) is 30.3 Å². The highest BCUT2D eigenvalue weighted by atomic mass is 32.2. The van der Waals surface area contributed by atoms with Gasteiger partial charge in [-0.2, -0.15) is 4.72 Å².